The van der Waals surface area contributed by atoms with Crippen LogP contribution in [-0.2, 0) is 13.1 Å². The maximum atomic E-state index is 12.4. The lowest BCUT2D eigenvalue weighted by atomic mass is 10.1. The molecule has 0 bridgehead atoms. The highest BCUT2D eigenvalue weighted by atomic mass is 16.5. The Morgan fingerprint density at radius 3 is 2.41 bits per heavy atom. The van der Waals surface area contributed by atoms with Crippen LogP contribution in [-0.4, -0.2) is 25.1 Å². The molecule has 0 aliphatic heterocycles. The number of aryl methyl sites for hydroxylation is 1. The first-order valence-electron chi connectivity index (χ1n) is 9.33. The number of rotatable bonds is 8. The molecule has 0 spiro atoms. The normalized spacial score (nSPS) is 10.3. The van der Waals surface area contributed by atoms with Crippen molar-refractivity contribution in [1.82, 2.24) is 10.3 Å². The van der Waals surface area contributed by atoms with Gasteiger partial charge in [-0.2, -0.15) is 0 Å². The number of aromatic nitrogens is 1. The average Bonchev–Trinajstić information content (AvgIpc) is 2.76. The van der Waals surface area contributed by atoms with Crippen molar-refractivity contribution in [1.29, 1.82) is 0 Å². The number of benzene rings is 2. The zero-order valence-electron chi connectivity index (χ0n) is 16.9. The first kappa shape index (κ1) is 20.2. The summed E-state index contributed by atoms with van der Waals surface area (Å²) in [5, 5.41) is 6.16. The number of carbonyl (C=O) groups excluding carboxylic acids is 1. The molecule has 0 saturated carbocycles. The van der Waals surface area contributed by atoms with E-state index in [0.717, 1.165) is 11.4 Å². The third-order valence-electron chi connectivity index (χ3n) is 4.48. The monoisotopic (exact) mass is 391 g/mol. The van der Waals surface area contributed by atoms with E-state index in [-0.39, 0.29) is 5.91 Å². The van der Waals surface area contributed by atoms with E-state index < -0.39 is 0 Å². The van der Waals surface area contributed by atoms with E-state index in [9.17, 15) is 4.79 Å². The number of nitrogens with one attached hydrogen (secondary N) is 2. The van der Waals surface area contributed by atoms with Gasteiger partial charge in [-0.1, -0.05) is 35.9 Å². The van der Waals surface area contributed by atoms with E-state index in [1.807, 2.05) is 24.3 Å². The van der Waals surface area contributed by atoms with Crippen molar-refractivity contribution in [2.75, 3.05) is 19.5 Å². The zero-order chi connectivity index (χ0) is 20.6. The van der Waals surface area contributed by atoms with Crippen LogP contribution in [0.2, 0.25) is 0 Å². The van der Waals surface area contributed by atoms with E-state index in [1.54, 1.807) is 32.5 Å². The number of anilines is 1. The van der Waals surface area contributed by atoms with Gasteiger partial charge in [0.15, 0.2) is 11.5 Å². The van der Waals surface area contributed by atoms with Crippen molar-refractivity contribution < 1.29 is 14.3 Å². The molecule has 0 aliphatic carbocycles. The molecule has 0 aliphatic rings. The van der Waals surface area contributed by atoms with E-state index in [0.29, 0.717) is 30.2 Å². The van der Waals surface area contributed by atoms with Gasteiger partial charge >= 0.3 is 0 Å². The Balaban J connectivity index is 1.55. The minimum atomic E-state index is -0.183. The number of nitrogens with zero attached hydrogens (tertiary/aromatic N) is 1. The maximum Gasteiger partial charge on any atom is 0.253 e. The summed E-state index contributed by atoms with van der Waals surface area (Å²) in [6.07, 6.45) is 1.57. The highest BCUT2D eigenvalue weighted by Gasteiger charge is 2.08. The Kier molecular flexibility index (Phi) is 6.68. The Morgan fingerprint density at radius 2 is 1.72 bits per heavy atom. The molecule has 1 heterocycles. The fraction of sp³-hybridized carbons (Fsp3) is 0.217. The van der Waals surface area contributed by atoms with Gasteiger partial charge in [0.1, 0.15) is 5.82 Å². The van der Waals surface area contributed by atoms with Gasteiger partial charge in [0, 0.05) is 19.3 Å². The van der Waals surface area contributed by atoms with Crippen LogP contribution in [0.25, 0.3) is 0 Å². The molecule has 3 aromatic rings. The zero-order valence-corrected chi connectivity index (χ0v) is 16.9. The molecule has 6 heteroatoms. The number of carbonyl (C=O) groups is 1. The number of pyridine rings is 1. The summed E-state index contributed by atoms with van der Waals surface area (Å²) < 4.78 is 10.5. The Labute approximate surface area is 170 Å². The van der Waals surface area contributed by atoms with E-state index >= 15 is 0 Å². The number of ether oxygens (including phenoxy) is 2. The highest BCUT2D eigenvalue weighted by Crippen LogP contribution is 2.27. The Morgan fingerprint density at radius 1 is 0.931 bits per heavy atom. The van der Waals surface area contributed by atoms with Crippen LogP contribution in [0.4, 0.5) is 5.82 Å². The van der Waals surface area contributed by atoms with Gasteiger partial charge in [0.05, 0.1) is 19.8 Å². The fourth-order valence-electron chi connectivity index (χ4n) is 2.92. The predicted octanol–water partition coefficient (Wildman–Crippen LogP) is 3.95. The van der Waals surface area contributed by atoms with Crippen LogP contribution in [0.5, 0.6) is 11.5 Å². The van der Waals surface area contributed by atoms with Crippen molar-refractivity contribution in [3.05, 3.63) is 83.0 Å². The lowest BCUT2D eigenvalue weighted by Crippen LogP contribution is -2.23. The number of methoxy groups -OCH3 is 2. The van der Waals surface area contributed by atoms with Crippen LogP contribution in [0.3, 0.4) is 0 Å². The Hall–Kier alpha value is -3.54. The van der Waals surface area contributed by atoms with Gasteiger partial charge in [-0.15, -0.1) is 0 Å². The van der Waals surface area contributed by atoms with E-state index in [1.165, 1.54) is 11.1 Å². The van der Waals surface area contributed by atoms with Crippen LogP contribution in [0, 0.1) is 6.92 Å². The smallest absolute Gasteiger partial charge is 0.253 e. The van der Waals surface area contributed by atoms with Gasteiger partial charge in [0.25, 0.3) is 5.91 Å². The SMILES string of the molecule is COc1ccc(CNC(=O)c2ccc(NCc3cccc(C)c3)nc2)cc1OC. The van der Waals surface area contributed by atoms with Crippen LogP contribution < -0.4 is 20.1 Å². The van der Waals surface area contributed by atoms with Gasteiger partial charge < -0.3 is 20.1 Å². The molecule has 1 amide bonds. The van der Waals surface area contributed by atoms with E-state index in [2.05, 4.69) is 40.7 Å². The molecule has 2 aromatic carbocycles. The minimum Gasteiger partial charge on any atom is -0.493 e. The summed E-state index contributed by atoms with van der Waals surface area (Å²) in [7, 11) is 3.17. The van der Waals surface area contributed by atoms with Crippen molar-refractivity contribution in [3.8, 4) is 11.5 Å². The van der Waals surface area contributed by atoms with Gasteiger partial charge in [-0.3, -0.25) is 4.79 Å². The average molecular weight is 391 g/mol. The molecule has 0 radical (unpaired) electrons. The summed E-state index contributed by atoms with van der Waals surface area (Å²) in [5.41, 5.74) is 3.83. The highest BCUT2D eigenvalue weighted by molar-refractivity contribution is 5.94. The minimum absolute atomic E-state index is 0.183. The number of hydrogen-bond donors (Lipinski definition) is 2. The molecule has 0 unspecified atom stereocenters. The fourth-order valence-corrected chi connectivity index (χ4v) is 2.92. The summed E-state index contributed by atoms with van der Waals surface area (Å²) in [6.45, 7) is 3.13. The predicted molar refractivity (Wildman–Crippen MR) is 113 cm³/mol. The third kappa shape index (κ3) is 5.48. The first-order valence-corrected chi connectivity index (χ1v) is 9.33. The molecule has 2 N–H and O–H groups in total. The molecule has 3 rings (SSSR count). The molecule has 29 heavy (non-hydrogen) atoms. The molecule has 6 nitrogen and oxygen atoms in total. The second-order valence-electron chi connectivity index (χ2n) is 6.65. The van der Waals surface area contributed by atoms with Crippen molar-refractivity contribution in [2.24, 2.45) is 0 Å². The van der Waals surface area contributed by atoms with Crippen molar-refractivity contribution >= 4 is 11.7 Å². The van der Waals surface area contributed by atoms with E-state index in [4.69, 9.17) is 9.47 Å². The van der Waals surface area contributed by atoms with Gasteiger partial charge in [-0.05, 0) is 42.3 Å². The number of amides is 1. The summed E-state index contributed by atoms with van der Waals surface area (Å²) in [5.74, 6) is 1.82. The lowest BCUT2D eigenvalue weighted by molar-refractivity contribution is 0.0950. The van der Waals surface area contributed by atoms with Crippen LogP contribution in [0.1, 0.15) is 27.0 Å². The first-order chi connectivity index (χ1) is 14.1. The van der Waals surface area contributed by atoms with Crippen molar-refractivity contribution in [3.63, 3.8) is 0 Å². The second-order valence-corrected chi connectivity index (χ2v) is 6.65. The van der Waals surface area contributed by atoms with Gasteiger partial charge in [-0.25, -0.2) is 4.98 Å². The molecule has 0 fully saturated rings. The molecule has 0 saturated heterocycles. The van der Waals surface area contributed by atoms with Crippen molar-refractivity contribution in [2.45, 2.75) is 20.0 Å². The van der Waals surface area contributed by atoms with Crippen LogP contribution in [0.15, 0.2) is 60.8 Å². The summed E-state index contributed by atoms with van der Waals surface area (Å²) in [6, 6.07) is 17.4. The largest absolute Gasteiger partial charge is 0.493 e. The summed E-state index contributed by atoms with van der Waals surface area (Å²) >= 11 is 0. The quantitative estimate of drug-likeness (QED) is 0.608. The molecular weight excluding hydrogens is 366 g/mol. The topological polar surface area (TPSA) is 72.5 Å². The maximum absolute atomic E-state index is 12.4. The standard InChI is InChI=1S/C23H25N3O3/c1-16-5-4-6-17(11-16)13-24-22-10-8-19(15-25-22)23(27)26-14-18-7-9-20(28-2)21(12-18)29-3/h4-12,15H,13-14H2,1-3H3,(H,24,25)(H,26,27). The molecular formula is C23H25N3O3. The lowest BCUT2D eigenvalue weighted by Gasteiger charge is -2.11. The molecule has 0 atom stereocenters. The van der Waals surface area contributed by atoms with Gasteiger partial charge in [0.2, 0.25) is 0 Å². The molecule has 1 aromatic heterocycles. The number of hydrogen-bond acceptors (Lipinski definition) is 5. The Bertz CT molecular complexity index is 971. The third-order valence-corrected chi connectivity index (χ3v) is 4.48. The summed E-state index contributed by atoms with van der Waals surface area (Å²) in [4.78, 5) is 16.7. The molecule has 150 valence electrons. The second kappa shape index (κ2) is 9.59. The van der Waals surface area contributed by atoms with Crippen LogP contribution >= 0.6 is 0 Å².